The summed E-state index contributed by atoms with van der Waals surface area (Å²) >= 11 is 1.33. The van der Waals surface area contributed by atoms with Crippen molar-refractivity contribution in [2.24, 2.45) is 0 Å². The molecule has 0 spiro atoms. The van der Waals surface area contributed by atoms with E-state index in [2.05, 4.69) is 36.1 Å². The third kappa shape index (κ3) is 3.35. The zero-order valence-corrected chi connectivity index (χ0v) is 11.9. The molecule has 0 fully saturated rings. The molecule has 0 atom stereocenters. The van der Waals surface area contributed by atoms with Crippen molar-refractivity contribution in [3.05, 3.63) is 51.7 Å². The van der Waals surface area contributed by atoms with E-state index in [1.165, 1.54) is 16.9 Å². The van der Waals surface area contributed by atoms with Crippen molar-refractivity contribution in [3.8, 4) is 0 Å². The van der Waals surface area contributed by atoms with Gasteiger partial charge in [-0.3, -0.25) is 0 Å². The molecule has 2 aromatic rings. The van der Waals surface area contributed by atoms with E-state index >= 15 is 0 Å². The third-order valence-electron chi connectivity index (χ3n) is 3.05. The smallest absolute Gasteiger partial charge is 0.345 e. The summed E-state index contributed by atoms with van der Waals surface area (Å²) in [4.78, 5) is 14.4. The van der Waals surface area contributed by atoms with Crippen LogP contribution in [-0.4, -0.2) is 18.1 Å². The molecule has 1 N–H and O–H groups in total. The molecule has 1 aromatic carbocycles. The van der Waals surface area contributed by atoms with Crippen molar-refractivity contribution in [2.45, 2.75) is 19.9 Å². The van der Waals surface area contributed by atoms with Crippen LogP contribution < -0.4 is 4.90 Å². The number of thiophene rings is 1. The second kappa shape index (κ2) is 5.89. The largest absolute Gasteiger partial charge is 0.477 e. The van der Waals surface area contributed by atoms with Crippen LogP contribution >= 0.6 is 11.3 Å². The van der Waals surface area contributed by atoms with Crippen molar-refractivity contribution in [1.82, 2.24) is 0 Å². The number of carboxylic acids is 1. The van der Waals surface area contributed by atoms with Gasteiger partial charge < -0.3 is 10.0 Å². The number of carbonyl (C=O) groups is 1. The lowest BCUT2D eigenvalue weighted by Crippen LogP contribution is -2.15. The molecule has 0 bridgehead atoms. The van der Waals surface area contributed by atoms with Gasteiger partial charge in [0, 0.05) is 17.6 Å². The predicted molar refractivity (Wildman–Crippen MR) is 79.2 cm³/mol. The van der Waals surface area contributed by atoms with E-state index < -0.39 is 5.97 Å². The SMILES string of the molecule is CCc1ccc(N(C)Cc2ccc(C(=O)O)s2)cc1. The van der Waals surface area contributed by atoms with Gasteiger partial charge in [0.05, 0.1) is 6.54 Å². The number of aryl methyl sites for hydroxylation is 1. The molecule has 0 amide bonds. The quantitative estimate of drug-likeness (QED) is 0.905. The van der Waals surface area contributed by atoms with Crippen LogP contribution in [0.5, 0.6) is 0 Å². The number of anilines is 1. The first-order valence-corrected chi connectivity index (χ1v) is 7.04. The van der Waals surface area contributed by atoms with E-state index in [0.29, 0.717) is 4.88 Å². The molecule has 3 nitrogen and oxygen atoms in total. The fourth-order valence-electron chi connectivity index (χ4n) is 1.89. The zero-order chi connectivity index (χ0) is 13.8. The van der Waals surface area contributed by atoms with Crippen LogP contribution in [0.15, 0.2) is 36.4 Å². The van der Waals surface area contributed by atoms with Gasteiger partial charge in [0.1, 0.15) is 4.88 Å². The molecule has 0 unspecified atom stereocenters. The van der Waals surface area contributed by atoms with Gasteiger partial charge in [-0.15, -0.1) is 11.3 Å². The molecule has 1 heterocycles. The minimum atomic E-state index is -0.855. The molecule has 1 aromatic heterocycles. The van der Waals surface area contributed by atoms with Crippen LogP contribution in [-0.2, 0) is 13.0 Å². The van der Waals surface area contributed by atoms with Gasteiger partial charge in [-0.05, 0) is 36.2 Å². The van der Waals surface area contributed by atoms with Gasteiger partial charge in [-0.25, -0.2) is 4.79 Å². The maximum atomic E-state index is 10.8. The molecular weight excluding hydrogens is 258 g/mol. The van der Waals surface area contributed by atoms with Gasteiger partial charge in [0.2, 0.25) is 0 Å². The van der Waals surface area contributed by atoms with E-state index in [0.717, 1.165) is 23.5 Å². The van der Waals surface area contributed by atoms with Gasteiger partial charge >= 0.3 is 5.97 Å². The van der Waals surface area contributed by atoms with Crippen molar-refractivity contribution < 1.29 is 9.90 Å². The van der Waals surface area contributed by atoms with Crippen molar-refractivity contribution >= 4 is 23.0 Å². The standard InChI is InChI=1S/C15H17NO2S/c1-3-11-4-6-12(7-5-11)16(2)10-13-8-9-14(19-13)15(17)18/h4-9H,3,10H2,1-2H3,(H,17,18). The van der Waals surface area contributed by atoms with E-state index in [-0.39, 0.29) is 0 Å². The first-order valence-electron chi connectivity index (χ1n) is 6.22. The van der Waals surface area contributed by atoms with Crippen molar-refractivity contribution in [1.29, 1.82) is 0 Å². The third-order valence-corrected chi connectivity index (χ3v) is 4.11. The van der Waals surface area contributed by atoms with E-state index in [1.807, 2.05) is 13.1 Å². The molecule has 4 heteroatoms. The number of benzene rings is 1. The monoisotopic (exact) mass is 275 g/mol. The Balaban J connectivity index is 2.06. The molecule has 100 valence electrons. The number of aromatic carboxylic acids is 1. The molecule has 0 aliphatic heterocycles. The van der Waals surface area contributed by atoms with Crippen molar-refractivity contribution in [2.75, 3.05) is 11.9 Å². The van der Waals surface area contributed by atoms with Crippen LogP contribution in [0.1, 0.15) is 27.0 Å². The van der Waals surface area contributed by atoms with Crippen molar-refractivity contribution in [3.63, 3.8) is 0 Å². The zero-order valence-electron chi connectivity index (χ0n) is 11.1. The minimum absolute atomic E-state index is 0.393. The second-order valence-electron chi connectivity index (χ2n) is 4.45. The van der Waals surface area contributed by atoms with Crippen LogP contribution in [0.25, 0.3) is 0 Å². The maximum absolute atomic E-state index is 10.8. The lowest BCUT2D eigenvalue weighted by Gasteiger charge is -2.18. The van der Waals surface area contributed by atoms with Gasteiger partial charge in [0.15, 0.2) is 0 Å². The number of nitrogens with zero attached hydrogens (tertiary/aromatic N) is 1. The van der Waals surface area contributed by atoms with Crippen LogP contribution in [0.2, 0.25) is 0 Å². The topological polar surface area (TPSA) is 40.5 Å². The summed E-state index contributed by atoms with van der Waals surface area (Å²) in [5, 5.41) is 8.90. The predicted octanol–water partition coefficient (Wildman–Crippen LogP) is 3.65. The average molecular weight is 275 g/mol. The fourth-order valence-corrected chi connectivity index (χ4v) is 2.79. The highest BCUT2D eigenvalue weighted by atomic mass is 32.1. The molecular formula is C15H17NO2S. The Morgan fingerprint density at radius 3 is 2.42 bits per heavy atom. The Kier molecular flexibility index (Phi) is 4.22. The summed E-state index contributed by atoms with van der Waals surface area (Å²) in [5.74, 6) is -0.855. The molecule has 0 saturated heterocycles. The normalized spacial score (nSPS) is 10.4. The number of hydrogen-bond donors (Lipinski definition) is 1. The molecule has 0 saturated carbocycles. The number of rotatable bonds is 5. The minimum Gasteiger partial charge on any atom is -0.477 e. The molecule has 2 rings (SSSR count). The van der Waals surface area contributed by atoms with Gasteiger partial charge in [0.25, 0.3) is 0 Å². The summed E-state index contributed by atoms with van der Waals surface area (Å²) in [6, 6.07) is 12.0. The summed E-state index contributed by atoms with van der Waals surface area (Å²) in [7, 11) is 2.01. The lowest BCUT2D eigenvalue weighted by molar-refractivity contribution is 0.0702. The van der Waals surface area contributed by atoms with Gasteiger partial charge in [-0.2, -0.15) is 0 Å². The molecule has 0 aliphatic carbocycles. The highest BCUT2D eigenvalue weighted by Crippen LogP contribution is 2.21. The van der Waals surface area contributed by atoms with Crippen LogP contribution in [0.3, 0.4) is 0 Å². The Morgan fingerprint density at radius 2 is 1.89 bits per heavy atom. The van der Waals surface area contributed by atoms with Crippen LogP contribution in [0, 0.1) is 0 Å². The summed E-state index contributed by atoms with van der Waals surface area (Å²) < 4.78 is 0. The Bertz CT molecular complexity index is 560. The highest BCUT2D eigenvalue weighted by Gasteiger charge is 2.09. The first-order chi connectivity index (χ1) is 9.10. The van der Waals surface area contributed by atoms with E-state index in [1.54, 1.807) is 6.07 Å². The fraction of sp³-hybridized carbons (Fsp3) is 0.267. The molecule has 19 heavy (non-hydrogen) atoms. The molecule has 0 radical (unpaired) electrons. The maximum Gasteiger partial charge on any atom is 0.345 e. The first kappa shape index (κ1) is 13.6. The second-order valence-corrected chi connectivity index (χ2v) is 5.62. The van der Waals surface area contributed by atoms with Gasteiger partial charge in [-0.1, -0.05) is 19.1 Å². The number of carboxylic acid groups (broad SMARTS) is 1. The molecule has 0 aliphatic rings. The van der Waals surface area contributed by atoms with E-state index in [4.69, 9.17) is 5.11 Å². The summed E-state index contributed by atoms with van der Waals surface area (Å²) in [5.41, 5.74) is 2.46. The highest BCUT2D eigenvalue weighted by molar-refractivity contribution is 7.13. The van der Waals surface area contributed by atoms with Crippen LogP contribution in [0.4, 0.5) is 5.69 Å². The Morgan fingerprint density at radius 1 is 1.21 bits per heavy atom. The lowest BCUT2D eigenvalue weighted by atomic mass is 10.1. The average Bonchev–Trinajstić information content (AvgIpc) is 2.87. The Labute approximate surface area is 117 Å². The summed E-state index contributed by atoms with van der Waals surface area (Å²) in [6.45, 7) is 2.86. The van der Waals surface area contributed by atoms with E-state index in [9.17, 15) is 4.79 Å². The Hall–Kier alpha value is -1.81. The summed E-state index contributed by atoms with van der Waals surface area (Å²) in [6.07, 6.45) is 1.04. The number of hydrogen-bond acceptors (Lipinski definition) is 3.